The standard InChI is InChI=1S/C17H26OS/c1-5-7-9-15(4)17(8-6-2)19(18)16-12-10-14(3)11-13-16/h8,10-13,15H,5-7,9H2,1-4H3/b17-8-/t15-,19?/m0/s1. The van der Waals surface area contributed by atoms with Crippen LogP contribution in [0.25, 0.3) is 0 Å². The minimum atomic E-state index is -1.00. The fourth-order valence-electron chi connectivity index (χ4n) is 2.11. The van der Waals surface area contributed by atoms with Crippen molar-refractivity contribution in [3.05, 3.63) is 40.8 Å². The minimum absolute atomic E-state index is 0.405. The lowest BCUT2D eigenvalue weighted by Crippen LogP contribution is -2.06. The molecule has 0 radical (unpaired) electrons. The van der Waals surface area contributed by atoms with E-state index in [1.165, 1.54) is 18.4 Å². The fourth-order valence-corrected chi connectivity index (χ4v) is 3.57. The topological polar surface area (TPSA) is 17.1 Å². The summed E-state index contributed by atoms with van der Waals surface area (Å²) in [6.45, 7) is 8.56. The van der Waals surface area contributed by atoms with Gasteiger partial charge in [-0.1, -0.05) is 57.4 Å². The van der Waals surface area contributed by atoms with Crippen molar-refractivity contribution in [1.82, 2.24) is 0 Å². The van der Waals surface area contributed by atoms with Crippen LogP contribution in [0.1, 0.15) is 52.0 Å². The summed E-state index contributed by atoms with van der Waals surface area (Å²) < 4.78 is 12.7. The zero-order valence-electron chi connectivity index (χ0n) is 12.6. The summed E-state index contributed by atoms with van der Waals surface area (Å²) in [6.07, 6.45) is 6.62. The molecule has 0 heterocycles. The van der Waals surface area contributed by atoms with Gasteiger partial charge in [0.05, 0.1) is 10.8 Å². The molecule has 0 saturated carbocycles. The molecule has 1 aromatic carbocycles. The van der Waals surface area contributed by atoms with E-state index in [0.717, 1.165) is 22.6 Å². The Labute approximate surface area is 120 Å². The Bertz CT molecular complexity index is 431. The first-order valence-corrected chi connectivity index (χ1v) is 8.43. The molecule has 0 bridgehead atoms. The lowest BCUT2D eigenvalue weighted by molar-refractivity contribution is 0.584. The van der Waals surface area contributed by atoms with E-state index in [2.05, 4.69) is 33.8 Å². The smallest absolute Gasteiger partial charge is 0.0807 e. The van der Waals surface area contributed by atoms with Gasteiger partial charge in [0.15, 0.2) is 0 Å². The van der Waals surface area contributed by atoms with E-state index in [4.69, 9.17) is 0 Å². The van der Waals surface area contributed by atoms with Gasteiger partial charge in [0, 0.05) is 9.80 Å². The predicted molar refractivity (Wildman–Crippen MR) is 84.7 cm³/mol. The van der Waals surface area contributed by atoms with Crippen molar-refractivity contribution in [3.63, 3.8) is 0 Å². The SMILES string of the molecule is CC/C=C(/[C@@H](C)CCCC)S(=O)c1ccc(C)cc1. The molecule has 0 saturated heterocycles. The van der Waals surface area contributed by atoms with Crippen LogP contribution < -0.4 is 0 Å². The highest BCUT2D eigenvalue weighted by molar-refractivity contribution is 7.89. The third-order valence-electron chi connectivity index (χ3n) is 3.33. The molecule has 106 valence electrons. The maximum atomic E-state index is 12.7. The number of allylic oxidation sites excluding steroid dienone is 2. The Morgan fingerprint density at radius 1 is 1.26 bits per heavy atom. The Balaban J connectivity index is 2.90. The zero-order chi connectivity index (χ0) is 14.3. The highest BCUT2D eigenvalue weighted by Gasteiger charge is 2.16. The van der Waals surface area contributed by atoms with Crippen molar-refractivity contribution in [2.45, 2.75) is 58.3 Å². The Morgan fingerprint density at radius 3 is 2.42 bits per heavy atom. The quantitative estimate of drug-likeness (QED) is 0.668. The van der Waals surface area contributed by atoms with Gasteiger partial charge in [-0.3, -0.25) is 0 Å². The normalized spacial score (nSPS) is 15.3. The molecule has 1 aromatic rings. The number of aryl methyl sites for hydroxylation is 1. The molecule has 0 fully saturated rings. The van der Waals surface area contributed by atoms with Crippen molar-refractivity contribution in [2.75, 3.05) is 0 Å². The second kappa shape index (κ2) is 8.31. The summed E-state index contributed by atoms with van der Waals surface area (Å²) in [7, 11) is -1.00. The average molecular weight is 278 g/mol. The summed E-state index contributed by atoms with van der Waals surface area (Å²) in [5, 5.41) is 0. The highest BCUT2D eigenvalue weighted by Crippen LogP contribution is 2.26. The summed E-state index contributed by atoms with van der Waals surface area (Å²) in [5.41, 5.74) is 1.21. The first-order chi connectivity index (χ1) is 9.10. The van der Waals surface area contributed by atoms with Crippen LogP contribution in [-0.2, 0) is 10.8 Å². The van der Waals surface area contributed by atoms with E-state index in [0.29, 0.717) is 5.92 Å². The van der Waals surface area contributed by atoms with Gasteiger partial charge in [-0.15, -0.1) is 0 Å². The van der Waals surface area contributed by atoms with Crippen molar-refractivity contribution >= 4 is 10.8 Å². The summed E-state index contributed by atoms with van der Waals surface area (Å²) >= 11 is 0. The van der Waals surface area contributed by atoms with Crippen LogP contribution in [0.3, 0.4) is 0 Å². The molecule has 19 heavy (non-hydrogen) atoms. The van der Waals surface area contributed by atoms with Gasteiger partial charge in [0.1, 0.15) is 0 Å². The van der Waals surface area contributed by atoms with Crippen molar-refractivity contribution in [2.24, 2.45) is 5.92 Å². The van der Waals surface area contributed by atoms with E-state index < -0.39 is 10.8 Å². The van der Waals surface area contributed by atoms with Gasteiger partial charge in [-0.2, -0.15) is 0 Å². The number of benzene rings is 1. The van der Waals surface area contributed by atoms with E-state index in [1.54, 1.807) is 0 Å². The molecule has 2 heteroatoms. The third-order valence-corrected chi connectivity index (χ3v) is 5.03. The molecule has 0 N–H and O–H groups in total. The Morgan fingerprint density at radius 2 is 1.89 bits per heavy atom. The van der Waals surface area contributed by atoms with Crippen molar-refractivity contribution < 1.29 is 4.21 Å². The highest BCUT2D eigenvalue weighted by atomic mass is 32.2. The summed E-state index contributed by atoms with van der Waals surface area (Å²) in [5.74, 6) is 0.405. The van der Waals surface area contributed by atoms with Crippen molar-refractivity contribution in [3.8, 4) is 0 Å². The van der Waals surface area contributed by atoms with Gasteiger partial charge in [-0.25, -0.2) is 4.21 Å². The molecule has 2 atom stereocenters. The number of rotatable bonds is 7. The summed E-state index contributed by atoms with van der Waals surface area (Å²) in [6, 6.07) is 8.05. The molecule has 0 aromatic heterocycles. The molecule has 0 aliphatic carbocycles. The number of hydrogen-bond acceptors (Lipinski definition) is 1. The van der Waals surface area contributed by atoms with E-state index in [-0.39, 0.29) is 0 Å². The predicted octanol–water partition coefficient (Wildman–Crippen LogP) is 5.22. The van der Waals surface area contributed by atoms with E-state index >= 15 is 0 Å². The molecule has 0 spiro atoms. The van der Waals surface area contributed by atoms with E-state index in [1.807, 2.05) is 24.3 Å². The molecule has 1 unspecified atom stereocenters. The minimum Gasteiger partial charge on any atom is -0.249 e. The monoisotopic (exact) mass is 278 g/mol. The van der Waals surface area contributed by atoms with Crippen LogP contribution in [0.15, 0.2) is 40.1 Å². The largest absolute Gasteiger partial charge is 0.249 e. The van der Waals surface area contributed by atoms with Crippen LogP contribution in [-0.4, -0.2) is 4.21 Å². The maximum Gasteiger partial charge on any atom is 0.0807 e. The van der Waals surface area contributed by atoms with Crippen molar-refractivity contribution in [1.29, 1.82) is 0 Å². The first-order valence-electron chi connectivity index (χ1n) is 7.28. The lowest BCUT2D eigenvalue weighted by atomic mass is 10.0. The lowest BCUT2D eigenvalue weighted by Gasteiger charge is -2.15. The van der Waals surface area contributed by atoms with Gasteiger partial charge < -0.3 is 0 Å². The van der Waals surface area contributed by atoms with Crippen LogP contribution in [0.4, 0.5) is 0 Å². The zero-order valence-corrected chi connectivity index (χ0v) is 13.4. The van der Waals surface area contributed by atoms with Gasteiger partial charge >= 0.3 is 0 Å². The van der Waals surface area contributed by atoms with Crippen LogP contribution >= 0.6 is 0 Å². The summed E-state index contributed by atoms with van der Waals surface area (Å²) in [4.78, 5) is 2.02. The van der Waals surface area contributed by atoms with E-state index in [9.17, 15) is 4.21 Å². The average Bonchev–Trinajstić information content (AvgIpc) is 2.42. The Hall–Kier alpha value is -0.890. The van der Waals surface area contributed by atoms with Gasteiger partial charge in [-0.05, 0) is 37.8 Å². The van der Waals surface area contributed by atoms with Crippen LogP contribution in [0.5, 0.6) is 0 Å². The molecule has 0 aliphatic rings. The molecular weight excluding hydrogens is 252 g/mol. The molecular formula is C17H26OS. The first kappa shape index (κ1) is 16.2. The molecule has 0 amide bonds. The second-order valence-corrected chi connectivity index (χ2v) is 6.62. The number of hydrogen-bond donors (Lipinski definition) is 0. The fraction of sp³-hybridized carbons (Fsp3) is 0.529. The van der Waals surface area contributed by atoms with Crippen LogP contribution in [0, 0.1) is 12.8 Å². The van der Waals surface area contributed by atoms with Crippen LogP contribution in [0.2, 0.25) is 0 Å². The third kappa shape index (κ3) is 4.94. The number of unbranched alkanes of at least 4 members (excludes halogenated alkanes) is 1. The molecule has 1 rings (SSSR count). The molecule has 0 aliphatic heterocycles. The maximum absolute atomic E-state index is 12.7. The van der Waals surface area contributed by atoms with Gasteiger partial charge in [0.2, 0.25) is 0 Å². The Kier molecular flexibility index (Phi) is 7.07. The molecule has 1 nitrogen and oxygen atoms in total. The van der Waals surface area contributed by atoms with Gasteiger partial charge in [0.25, 0.3) is 0 Å². The second-order valence-electron chi connectivity index (χ2n) is 5.14.